The van der Waals surface area contributed by atoms with Gasteiger partial charge >= 0.3 is 0 Å². The van der Waals surface area contributed by atoms with Gasteiger partial charge in [0, 0.05) is 0 Å². The van der Waals surface area contributed by atoms with E-state index < -0.39 is 153 Å². The van der Waals surface area contributed by atoms with Crippen molar-refractivity contribution in [2.45, 2.75) is 0 Å². The quantitative estimate of drug-likeness (QED) is 0.104. The molecular weight excluding hydrogens is 754 g/mol. The summed E-state index contributed by atoms with van der Waals surface area (Å²) in [5, 5.41) is 12.8. The van der Waals surface area contributed by atoms with Crippen LogP contribution in [0.2, 0.25) is 0 Å². The predicted octanol–water partition coefficient (Wildman–Crippen LogP) is 2.93. The fourth-order valence-corrected chi connectivity index (χ4v) is 4.93. The first-order valence-electron chi connectivity index (χ1n) is 13.8. The summed E-state index contributed by atoms with van der Waals surface area (Å²) in [5.41, 5.74) is -4.63. The van der Waals surface area contributed by atoms with Gasteiger partial charge in [-0.1, -0.05) is 0 Å². The van der Waals surface area contributed by atoms with Crippen LogP contribution >= 0.6 is 0 Å². The summed E-state index contributed by atoms with van der Waals surface area (Å²) in [4.78, 5) is 31.9. The molecule has 0 saturated heterocycles. The molecule has 0 saturated carbocycles. The minimum Gasteiger partial charge on any atom is -0.239 e. The molecule has 0 N–H and O–H groups in total. The van der Waals surface area contributed by atoms with Crippen LogP contribution in [-0.2, 0) is 0 Å². The zero-order valence-corrected chi connectivity index (χ0v) is 25.0. The highest BCUT2D eigenvalue weighted by Gasteiger charge is 2.30. The molecule has 4 heterocycles. The van der Waals surface area contributed by atoms with E-state index in [0.717, 1.165) is 0 Å². The lowest BCUT2D eigenvalue weighted by molar-refractivity contribution is 0.399. The number of hydrogen-bond donors (Lipinski definition) is 0. The molecule has 11 nitrogen and oxygen atoms in total. The molecule has 0 amide bonds. The molecule has 0 bridgehead atoms. The van der Waals surface area contributed by atoms with Crippen molar-refractivity contribution in [1.82, 2.24) is 9.97 Å². The molecule has 264 valence electrons. The molecule has 1 aromatic heterocycles. The third-order valence-electron chi connectivity index (χ3n) is 7.41. The highest BCUT2D eigenvalue weighted by atomic mass is 19.2. The molecule has 0 spiro atoms. The molecule has 0 atom stereocenters. The van der Waals surface area contributed by atoms with E-state index in [1.807, 2.05) is 0 Å². The first kappa shape index (κ1) is 34.8. The van der Waals surface area contributed by atoms with Crippen LogP contribution in [0.25, 0.3) is 21.7 Å². The fourth-order valence-electron chi connectivity index (χ4n) is 4.93. The number of hydrogen-bond acceptors (Lipinski definition) is 10. The Balaban J connectivity index is 1.56. The monoisotopic (exact) mass is 755 g/mol. The van der Waals surface area contributed by atoms with Crippen LogP contribution in [0.4, 0.5) is 52.7 Å². The number of benzene rings is 3. The molecule has 0 aliphatic carbocycles. The number of aromatic nitrogens is 2. The van der Waals surface area contributed by atoms with E-state index in [1.165, 1.54) is 12.1 Å². The maximum atomic E-state index is 14.5. The second-order valence-electron chi connectivity index (χ2n) is 10.4. The van der Waals surface area contributed by atoms with Gasteiger partial charge in [-0.25, -0.2) is 97.5 Å². The van der Waals surface area contributed by atoms with Gasteiger partial charge in [-0.3, -0.25) is 0 Å². The molecule has 0 radical (unpaired) electrons. The second kappa shape index (κ2) is 12.3. The van der Waals surface area contributed by atoms with Crippen molar-refractivity contribution in [3.8, 4) is 12.1 Å². The van der Waals surface area contributed by atoms with Crippen molar-refractivity contribution in [1.29, 1.82) is 10.5 Å². The van der Waals surface area contributed by atoms with E-state index in [0.29, 0.717) is 6.07 Å². The molecule has 3 aliphatic rings. The maximum Gasteiger partial charge on any atom is 0.274 e. The van der Waals surface area contributed by atoms with E-state index >= 15 is 0 Å². The first-order chi connectivity index (χ1) is 25.6. The number of fused-ring (bicyclic) bond motifs is 3. The largest absolute Gasteiger partial charge is 0.274 e. The van der Waals surface area contributed by atoms with E-state index in [9.17, 15) is 63.2 Å². The van der Waals surface area contributed by atoms with Crippen LogP contribution in [0.3, 0.4) is 0 Å². The Morgan fingerprint density at radius 1 is 0.444 bits per heavy atom. The van der Waals surface area contributed by atoms with Crippen molar-refractivity contribution in [2.75, 3.05) is 0 Å². The number of nitriles is 2. The molecule has 0 unspecified atom stereocenters. The van der Waals surface area contributed by atoms with Gasteiger partial charge < -0.3 is 0 Å². The Hall–Kier alpha value is -7.61. The zero-order chi connectivity index (χ0) is 39.1. The fraction of sp³-hybridized carbons (Fsp3) is 0. The average Bonchev–Trinajstić information content (AvgIpc) is 3.92. The Labute approximate surface area is 286 Å². The maximum absolute atomic E-state index is 14.5. The zero-order valence-electron chi connectivity index (χ0n) is 25.0. The van der Waals surface area contributed by atoms with Gasteiger partial charge in [-0.05, 0) is 6.07 Å². The van der Waals surface area contributed by atoms with Gasteiger partial charge in [0.25, 0.3) is 5.70 Å². The Morgan fingerprint density at radius 2 is 0.704 bits per heavy atom. The number of halogens is 12. The molecule has 54 heavy (non-hydrogen) atoms. The van der Waals surface area contributed by atoms with Crippen LogP contribution < -0.4 is 32.1 Å². The van der Waals surface area contributed by atoms with Gasteiger partial charge in [0.1, 0.15) is 55.4 Å². The topological polar surface area (TPSA) is 152 Å². The van der Waals surface area contributed by atoms with Crippen molar-refractivity contribution < 1.29 is 52.7 Å². The van der Waals surface area contributed by atoms with E-state index in [1.54, 1.807) is 0 Å². The Morgan fingerprint density at radius 3 is 0.944 bits per heavy atom. The lowest BCUT2D eigenvalue weighted by atomic mass is 10.1. The molecule has 3 aromatic carbocycles. The highest BCUT2D eigenvalue weighted by molar-refractivity contribution is 5.83. The van der Waals surface area contributed by atoms with Crippen molar-refractivity contribution in [3.05, 3.63) is 154 Å². The van der Waals surface area contributed by atoms with Crippen LogP contribution in [-0.4, -0.2) is 9.97 Å². The lowest BCUT2D eigenvalue weighted by Crippen LogP contribution is -2.32. The molecule has 7 rings (SSSR count). The van der Waals surface area contributed by atoms with E-state index in [-0.39, 0.29) is 0 Å². The van der Waals surface area contributed by atoms with Crippen LogP contribution in [0.15, 0.2) is 53.5 Å². The summed E-state index contributed by atoms with van der Waals surface area (Å²) in [7, 11) is 0. The van der Waals surface area contributed by atoms with Crippen molar-refractivity contribution in [3.63, 3.8) is 0 Å². The highest BCUT2D eigenvalue weighted by Crippen LogP contribution is 2.29. The molecule has 4 aromatic rings. The average molecular weight is 755 g/mol. The molecule has 23 heteroatoms. The number of allylic oxidation sites excluding steroid dienone is 2. The summed E-state index contributed by atoms with van der Waals surface area (Å²) in [6, 6.07) is 3.60. The molecular formula is C31HF12N11. The summed E-state index contributed by atoms with van der Waals surface area (Å²) in [5.74, 6) is -30.1. The van der Waals surface area contributed by atoms with E-state index in [4.69, 9.17) is 6.57 Å². The van der Waals surface area contributed by atoms with Crippen molar-refractivity contribution in [2.24, 2.45) is 30.0 Å². The summed E-state index contributed by atoms with van der Waals surface area (Å²) >= 11 is 0. The minimum atomic E-state index is -2.30. The summed E-state index contributed by atoms with van der Waals surface area (Å²) in [6.07, 6.45) is 0. The smallest absolute Gasteiger partial charge is 0.239 e. The standard InChI is InChI=1S/C31HF12N11/c1-46-27(31-53-25-19(42)13(36)14(37)20(43)26(25)54-31)30-47-7(5(3-44)28-49-21-15(38)9(32)10(33)16(39)22(21)50-28)2-8(48-30)6(4-45)29-51-23-17(40)11(34)12(35)18(41)24(23)52-29/h2H. The third-order valence-corrected chi connectivity index (χ3v) is 7.41. The van der Waals surface area contributed by atoms with Gasteiger partial charge in [-0.2, -0.15) is 10.5 Å². The molecule has 0 fully saturated rings. The summed E-state index contributed by atoms with van der Waals surface area (Å²) < 4.78 is 171. The van der Waals surface area contributed by atoms with Gasteiger partial charge in [0.15, 0.2) is 93.1 Å². The normalized spacial score (nSPS) is 13.2. The Kier molecular flexibility index (Phi) is 7.91. The third kappa shape index (κ3) is 4.92. The number of nitrogens with zero attached hydrogens (tertiary/aromatic N) is 11. The van der Waals surface area contributed by atoms with Crippen LogP contribution in [0.1, 0.15) is 17.2 Å². The van der Waals surface area contributed by atoms with Crippen LogP contribution in [0.5, 0.6) is 0 Å². The second-order valence-corrected chi connectivity index (χ2v) is 10.4. The SMILES string of the molecule is [C-]#[N+]C(=C1N=c2c(F)c(F)c(F)c(F)c2=N1)c1nc(C(C#N)=C2N=c3c(F)c(F)c(F)c(F)c3=N2)cc(C(C#N)=C2N=c3c(F)c(F)c(F)c(F)c3=N2)n1. The predicted molar refractivity (Wildman–Crippen MR) is 146 cm³/mol. The van der Waals surface area contributed by atoms with Gasteiger partial charge in [0.2, 0.25) is 0 Å². The van der Waals surface area contributed by atoms with Crippen LogP contribution in [0, 0.1) is 99.0 Å². The van der Waals surface area contributed by atoms with Crippen molar-refractivity contribution >= 4 is 16.8 Å². The summed E-state index contributed by atoms with van der Waals surface area (Å²) in [6.45, 7) is 7.69. The first-order valence-corrected chi connectivity index (χ1v) is 13.8. The van der Waals surface area contributed by atoms with Gasteiger partial charge in [0.05, 0.1) is 18.0 Å². The molecule has 3 aliphatic heterocycles. The van der Waals surface area contributed by atoms with Gasteiger partial charge in [-0.15, -0.1) is 0 Å². The van der Waals surface area contributed by atoms with E-state index in [2.05, 4.69) is 44.8 Å². The lowest BCUT2D eigenvalue weighted by Gasteiger charge is -2.08. The number of rotatable bonds is 3. The Bertz CT molecular complexity index is 2680. The minimum absolute atomic E-state index is 0.651.